The highest BCUT2D eigenvalue weighted by atomic mass is 16.8. The number of ether oxygens (including phenoxy) is 10. The monoisotopic (exact) mass is 1150 g/mol. The molecule has 0 saturated heterocycles. The van der Waals surface area contributed by atoms with Crippen LogP contribution >= 0.6 is 0 Å². The van der Waals surface area contributed by atoms with E-state index in [2.05, 4.69) is 33.1 Å². The van der Waals surface area contributed by atoms with Crippen molar-refractivity contribution in [3.8, 4) is 68.7 Å². The van der Waals surface area contributed by atoms with Crippen molar-refractivity contribution in [3.05, 3.63) is 145 Å². The lowest BCUT2D eigenvalue weighted by atomic mass is 10.1. The Kier molecular flexibility index (Phi) is 21.4. The number of carbonyl (C=O) groups is 8. The molecule has 84 heavy (non-hydrogen) atoms. The predicted octanol–water partition coefficient (Wildman–Crippen LogP) is 13.4. The van der Waals surface area contributed by atoms with Gasteiger partial charge in [0.05, 0.1) is 11.1 Å². The molecule has 0 atom stereocenters. The molecule has 22 nitrogen and oxygen atoms in total. The van der Waals surface area contributed by atoms with Gasteiger partial charge in [-0.05, 0) is 168 Å². The van der Waals surface area contributed by atoms with E-state index in [1.807, 2.05) is 0 Å². The largest absolute Gasteiger partial charge is 0.514 e. The highest BCUT2D eigenvalue weighted by Crippen LogP contribution is 2.38. The normalized spacial score (nSPS) is 11.3. The van der Waals surface area contributed by atoms with Crippen LogP contribution in [0.4, 0.5) is 24.9 Å². The van der Waals surface area contributed by atoms with E-state index in [9.17, 15) is 38.4 Å². The molecule has 22 heteroatoms. The fourth-order valence-corrected chi connectivity index (χ4v) is 6.54. The average Bonchev–Trinajstić information content (AvgIpc) is 1.57. The maximum absolute atomic E-state index is 13.0. The van der Waals surface area contributed by atoms with Gasteiger partial charge in [0.25, 0.3) is 0 Å². The van der Waals surface area contributed by atoms with Crippen LogP contribution < -0.4 is 28.4 Å². The Balaban J connectivity index is 0.000000398. The molecule has 6 rings (SSSR count). The van der Waals surface area contributed by atoms with Gasteiger partial charge >= 0.3 is 36.6 Å². The Labute approximate surface area is 484 Å². The van der Waals surface area contributed by atoms with E-state index in [0.29, 0.717) is 29.8 Å². The molecular weight excluding hydrogens is 1090 g/mol. The standard InChI is InChI=1S/C41H41N3O13.C21H21NO5/c1-11-32(47)51-25-13-16-27(24(19-25)22-46)33-42-34(28-15-12-23(21-45)18-30(28)53-37(49)56-40(5,6)7)44-35(43-33)29-17-14-26(52-36(48)55-39(2,3)4)20-31(29)54-38(50)57-41(8,9)10;1-5-19(23)25-16-12-10-15(11-13-16)14-22-17-8-6-7-9-18(17)26-20(24)27-21(2,3)4/h11-22H,1H2,2-10H3;5-14H,1H2,2-4H3. The smallest absolute Gasteiger partial charge is 0.428 e. The molecule has 0 aliphatic heterocycles. The van der Waals surface area contributed by atoms with Crippen molar-refractivity contribution in [2.24, 2.45) is 4.99 Å². The second-order valence-corrected chi connectivity index (χ2v) is 21.5. The second-order valence-electron chi connectivity index (χ2n) is 21.5. The highest BCUT2D eigenvalue weighted by molar-refractivity contribution is 5.90. The quantitative estimate of drug-likeness (QED) is 0.0176. The maximum atomic E-state index is 13.0. The Hall–Kier alpha value is -10.4. The molecule has 6 aromatic rings. The number of hydrogen-bond acceptors (Lipinski definition) is 22. The fraction of sp³-hybridized carbons (Fsp3) is 0.258. The minimum atomic E-state index is -1.13. The number of hydrogen-bond donors (Lipinski definition) is 0. The maximum Gasteiger partial charge on any atom is 0.514 e. The summed E-state index contributed by atoms with van der Waals surface area (Å²) >= 11 is 0. The average molecular weight is 1150 g/mol. The van der Waals surface area contributed by atoms with E-state index in [4.69, 9.17) is 47.4 Å². The summed E-state index contributed by atoms with van der Waals surface area (Å²) in [6.07, 6.45) is 0.621. The lowest BCUT2D eigenvalue weighted by Crippen LogP contribution is -2.26. The number of aldehydes is 2. The third-order valence-electron chi connectivity index (χ3n) is 9.81. The van der Waals surface area contributed by atoms with Crippen LogP contribution in [0, 0.1) is 0 Å². The zero-order valence-electron chi connectivity index (χ0n) is 48.3. The van der Waals surface area contributed by atoms with Crippen molar-refractivity contribution in [1.29, 1.82) is 0 Å². The van der Waals surface area contributed by atoms with E-state index in [0.717, 1.165) is 17.7 Å². The second kappa shape index (κ2) is 27.9. The van der Waals surface area contributed by atoms with Crippen LogP contribution in [0.25, 0.3) is 34.2 Å². The molecule has 0 amide bonds. The molecule has 0 aliphatic rings. The third-order valence-corrected chi connectivity index (χ3v) is 9.81. The summed E-state index contributed by atoms with van der Waals surface area (Å²) in [5.41, 5.74) is -1.82. The van der Waals surface area contributed by atoms with Crippen molar-refractivity contribution in [2.75, 3.05) is 0 Å². The van der Waals surface area contributed by atoms with Crippen molar-refractivity contribution < 1.29 is 85.7 Å². The number of aliphatic imine (C=N–C) groups is 1. The van der Waals surface area contributed by atoms with E-state index < -0.39 is 59.0 Å². The molecular formula is C62H62N4O18. The van der Waals surface area contributed by atoms with E-state index in [1.165, 1.54) is 54.6 Å². The van der Waals surface area contributed by atoms with Crippen molar-refractivity contribution in [3.63, 3.8) is 0 Å². The van der Waals surface area contributed by atoms with Gasteiger partial charge in [0, 0.05) is 41.1 Å². The minimum absolute atomic E-state index is 0.0136. The molecule has 0 bridgehead atoms. The third kappa shape index (κ3) is 20.9. The SMILES string of the molecule is C=CC(=O)Oc1ccc(-c2nc(-c3ccc(C=O)cc3OC(=O)OC(C)(C)C)nc(-c3ccc(OC(=O)OC(C)(C)C)cc3OC(=O)OC(C)(C)C)n2)c(C=O)c1.C=CC(=O)Oc1ccc(C=Nc2ccccc2OC(=O)OC(C)(C)C)cc1. The molecule has 0 radical (unpaired) electrons. The number of para-hydroxylation sites is 2. The number of carbonyl (C=O) groups excluding carboxylic acids is 8. The molecule has 0 fully saturated rings. The van der Waals surface area contributed by atoms with Gasteiger partial charge in [-0.25, -0.2) is 43.7 Å². The topological polar surface area (TPSA) is 280 Å². The molecule has 1 aromatic heterocycles. The first-order chi connectivity index (χ1) is 39.3. The van der Waals surface area contributed by atoms with Crippen LogP contribution in [0.5, 0.6) is 34.5 Å². The Bertz CT molecular complexity index is 3490. The van der Waals surface area contributed by atoms with E-state index in [-0.39, 0.29) is 68.3 Å². The lowest BCUT2D eigenvalue weighted by molar-refractivity contribution is -0.129. The Morgan fingerprint density at radius 3 is 1.29 bits per heavy atom. The summed E-state index contributed by atoms with van der Waals surface area (Å²) in [6, 6.07) is 25.8. The summed E-state index contributed by atoms with van der Waals surface area (Å²) in [4.78, 5) is 116. The summed E-state index contributed by atoms with van der Waals surface area (Å²) in [5.74, 6) is -1.52. The van der Waals surface area contributed by atoms with Gasteiger partial charge in [-0.3, -0.25) is 14.6 Å². The number of rotatable bonds is 15. The molecule has 0 aliphatic carbocycles. The van der Waals surface area contributed by atoms with Crippen LogP contribution in [0.1, 0.15) is 109 Å². The molecule has 0 unspecified atom stereocenters. The van der Waals surface area contributed by atoms with E-state index >= 15 is 0 Å². The van der Waals surface area contributed by atoms with Gasteiger partial charge in [-0.2, -0.15) is 0 Å². The molecule has 1 heterocycles. The first-order valence-electron chi connectivity index (χ1n) is 25.5. The van der Waals surface area contributed by atoms with Gasteiger partial charge < -0.3 is 47.4 Å². The summed E-state index contributed by atoms with van der Waals surface area (Å²) in [7, 11) is 0. The Morgan fingerprint density at radius 2 is 0.810 bits per heavy atom. The van der Waals surface area contributed by atoms with Gasteiger partial charge in [-0.15, -0.1) is 0 Å². The first-order valence-corrected chi connectivity index (χ1v) is 25.5. The number of benzene rings is 5. The van der Waals surface area contributed by atoms with Crippen LogP contribution in [-0.4, -0.2) is 92.7 Å². The van der Waals surface area contributed by atoms with Crippen molar-refractivity contribution in [2.45, 2.75) is 105 Å². The van der Waals surface area contributed by atoms with Gasteiger partial charge in [0.15, 0.2) is 29.5 Å². The van der Waals surface area contributed by atoms with Crippen LogP contribution in [0.15, 0.2) is 133 Å². The van der Waals surface area contributed by atoms with Crippen molar-refractivity contribution in [1.82, 2.24) is 15.0 Å². The van der Waals surface area contributed by atoms with Gasteiger partial charge in [-0.1, -0.05) is 31.4 Å². The summed E-state index contributed by atoms with van der Waals surface area (Å²) < 4.78 is 53.1. The molecule has 0 spiro atoms. The highest BCUT2D eigenvalue weighted by Gasteiger charge is 2.27. The zero-order chi connectivity index (χ0) is 62.2. The fourth-order valence-electron chi connectivity index (χ4n) is 6.54. The number of aromatic nitrogens is 3. The zero-order valence-corrected chi connectivity index (χ0v) is 48.3. The predicted molar refractivity (Wildman–Crippen MR) is 306 cm³/mol. The van der Waals surface area contributed by atoms with Gasteiger partial charge in [0.1, 0.15) is 63.1 Å². The van der Waals surface area contributed by atoms with Crippen LogP contribution in [0.3, 0.4) is 0 Å². The first kappa shape index (κ1) is 64.4. The molecule has 5 aromatic carbocycles. The minimum Gasteiger partial charge on any atom is -0.428 e. The molecule has 438 valence electrons. The van der Waals surface area contributed by atoms with Crippen molar-refractivity contribution >= 4 is 61.0 Å². The van der Waals surface area contributed by atoms with Gasteiger partial charge in [0.2, 0.25) is 0 Å². The number of esters is 2. The Morgan fingerprint density at radius 1 is 0.417 bits per heavy atom. The summed E-state index contributed by atoms with van der Waals surface area (Å²) in [6.45, 7) is 26.7. The molecule has 0 N–H and O–H groups in total. The van der Waals surface area contributed by atoms with E-state index in [1.54, 1.807) is 138 Å². The van der Waals surface area contributed by atoms with Crippen LogP contribution in [-0.2, 0) is 28.5 Å². The van der Waals surface area contributed by atoms with Crippen LogP contribution in [0.2, 0.25) is 0 Å². The number of nitrogens with zero attached hydrogens (tertiary/aromatic N) is 4. The summed E-state index contributed by atoms with van der Waals surface area (Å²) in [5, 5.41) is 0. The lowest BCUT2D eigenvalue weighted by Gasteiger charge is -2.20. The molecule has 0 saturated carbocycles.